The Kier molecular flexibility index (Phi) is 6.39. The van der Waals surface area contributed by atoms with E-state index in [2.05, 4.69) is 10.3 Å². The number of H-pyrrole nitrogens is 1. The molecule has 1 aliphatic rings. The molecule has 9 heteroatoms. The van der Waals surface area contributed by atoms with Crippen LogP contribution in [0.25, 0.3) is 0 Å². The van der Waals surface area contributed by atoms with Crippen molar-refractivity contribution < 1.29 is 9.84 Å². The highest BCUT2D eigenvalue weighted by Gasteiger charge is 2.35. The molecule has 0 amide bonds. The molecule has 0 bridgehead atoms. The minimum Gasteiger partial charge on any atom is -0.390 e. The van der Waals surface area contributed by atoms with Gasteiger partial charge in [0.15, 0.2) is 0 Å². The Hall–Kier alpha value is -1.64. The van der Waals surface area contributed by atoms with Gasteiger partial charge in [0.05, 0.1) is 22.3 Å². The molecule has 2 heterocycles. The van der Waals surface area contributed by atoms with E-state index in [1.807, 2.05) is 19.1 Å². The smallest absolute Gasteiger partial charge is 0.330 e. The van der Waals surface area contributed by atoms with E-state index in [1.54, 1.807) is 6.07 Å². The topological polar surface area (TPSA) is 96.3 Å². The summed E-state index contributed by atoms with van der Waals surface area (Å²) in [4.78, 5) is 26.1. The van der Waals surface area contributed by atoms with E-state index in [-0.39, 0.29) is 6.42 Å². The summed E-state index contributed by atoms with van der Waals surface area (Å²) in [6.07, 6.45) is 0.407. The molecule has 3 atom stereocenters. The number of nitrogens with one attached hydrogen (secondary N) is 2. The summed E-state index contributed by atoms with van der Waals surface area (Å²) in [5.74, 6) is 0. The molecule has 1 aliphatic heterocycles. The van der Waals surface area contributed by atoms with Crippen LogP contribution in [-0.2, 0) is 17.7 Å². The molecule has 1 aromatic heterocycles. The van der Waals surface area contributed by atoms with Crippen molar-refractivity contribution in [3.63, 3.8) is 0 Å². The van der Waals surface area contributed by atoms with E-state index in [0.717, 1.165) is 5.56 Å². The molecule has 3 N–H and O–H groups in total. The average molecular weight is 414 g/mol. The fraction of sp³-hybridized carbons (Fsp3) is 0.444. The fourth-order valence-electron chi connectivity index (χ4n) is 3.10. The first-order valence-corrected chi connectivity index (χ1v) is 9.47. The quantitative estimate of drug-likeness (QED) is 0.671. The minimum absolute atomic E-state index is 0.263. The van der Waals surface area contributed by atoms with Gasteiger partial charge in [-0.2, -0.15) is 0 Å². The highest BCUT2D eigenvalue weighted by atomic mass is 35.5. The number of aliphatic hydroxyl groups is 1. The van der Waals surface area contributed by atoms with Crippen molar-refractivity contribution in [3.8, 4) is 0 Å². The van der Waals surface area contributed by atoms with Crippen molar-refractivity contribution in [1.29, 1.82) is 0 Å². The molecule has 3 rings (SSSR count). The highest BCUT2D eigenvalue weighted by molar-refractivity contribution is 6.42. The Morgan fingerprint density at radius 2 is 2.11 bits per heavy atom. The maximum atomic E-state index is 12.1. The lowest BCUT2D eigenvalue weighted by molar-refractivity contribution is -0.0194. The van der Waals surface area contributed by atoms with Gasteiger partial charge in [0, 0.05) is 31.3 Å². The molecule has 7 nitrogen and oxygen atoms in total. The van der Waals surface area contributed by atoms with Gasteiger partial charge in [0.2, 0.25) is 0 Å². The van der Waals surface area contributed by atoms with Crippen molar-refractivity contribution in [1.82, 2.24) is 14.9 Å². The number of ether oxygens (including phenoxy) is 1. The van der Waals surface area contributed by atoms with Crippen molar-refractivity contribution in [3.05, 3.63) is 66.4 Å². The zero-order chi connectivity index (χ0) is 19.6. The predicted molar refractivity (Wildman–Crippen MR) is 103 cm³/mol. The van der Waals surface area contributed by atoms with Gasteiger partial charge in [-0.05, 0) is 18.1 Å². The summed E-state index contributed by atoms with van der Waals surface area (Å²) in [5, 5.41) is 14.4. The van der Waals surface area contributed by atoms with Crippen LogP contribution < -0.4 is 16.6 Å². The van der Waals surface area contributed by atoms with E-state index >= 15 is 0 Å². The number of aliphatic hydroxyl groups excluding tert-OH is 1. The lowest BCUT2D eigenvalue weighted by Gasteiger charge is -2.17. The van der Waals surface area contributed by atoms with E-state index in [4.69, 9.17) is 27.9 Å². The molecule has 0 spiro atoms. The number of aromatic amines is 1. The van der Waals surface area contributed by atoms with Gasteiger partial charge in [0.25, 0.3) is 5.56 Å². The van der Waals surface area contributed by atoms with Gasteiger partial charge >= 0.3 is 5.69 Å². The van der Waals surface area contributed by atoms with Crippen molar-refractivity contribution in [2.24, 2.45) is 0 Å². The van der Waals surface area contributed by atoms with Gasteiger partial charge in [-0.15, -0.1) is 0 Å². The van der Waals surface area contributed by atoms with Crippen LogP contribution in [0.5, 0.6) is 0 Å². The lowest BCUT2D eigenvalue weighted by Crippen LogP contribution is -2.35. The van der Waals surface area contributed by atoms with Gasteiger partial charge in [-0.3, -0.25) is 14.3 Å². The summed E-state index contributed by atoms with van der Waals surface area (Å²) in [5.41, 5.74) is 0.394. The SMILES string of the molecule is CCc1cn([C@H]2C[C@H](O)[C@@H](CNCc3cccc(Cl)c3Cl)O2)c(=O)[nH]c1=O. The first-order valence-electron chi connectivity index (χ1n) is 8.72. The van der Waals surface area contributed by atoms with E-state index in [9.17, 15) is 14.7 Å². The molecule has 0 unspecified atom stereocenters. The standard InChI is InChI=1S/C18H21Cl2N3O4/c1-2-10-9-23(18(26)22-17(10)25)15-6-13(24)14(27-15)8-21-7-11-4-3-5-12(19)16(11)20/h3-5,9,13-15,21,24H,2,6-8H2,1H3,(H,22,25,26)/t13-,14+,15+/m0/s1. The Morgan fingerprint density at radius 3 is 2.85 bits per heavy atom. The summed E-state index contributed by atoms with van der Waals surface area (Å²) in [6, 6.07) is 5.40. The van der Waals surface area contributed by atoms with Crippen LogP contribution in [0.1, 0.15) is 30.7 Å². The van der Waals surface area contributed by atoms with E-state index in [0.29, 0.717) is 35.1 Å². The molecule has 0 aliphatic carbocycles. The summed E-state index contributed by atoms with van der Waals surface area (Å²) in [7, 11) is 0. The predicted octanol–water partition coefficient (Wildman–Crippen LogP) is 1.84. The second kappa shape index (κ2) is 8.58. The summed E-state index contributed by atoms with van der Waals surface area (Å²) in [6.45, 7) is 2.67. The molecular weight excluding hydrogens is 393 g/mol. The maximum Gasteiger partial charge on any atom is 0.330 e. The number of hydrogen-bond acceptors (Lipinski definition) is 5. The second-order valence-electron chi connectivity index (χ2n) is 6.45. The van der Waals surface area contributed by atoms with Crippen molar-refractivity contribution >= 4 is 23.2 Å². The van der Waals surface area contributed by atoms with Crippen LogP contribution >= 0.6 is 23.2 Å². The average Bonchev–Trinajstić information content (AvgIpc) is 2.99. The van der Waals surface area contributed by atoms with Crippen molar-refractivity contribution in [2.75, 3.05) is 6.54 Å². The first kappa shape index (κ1) is 20.1. The van der Waals surface area contributed by atoms with Crippen LogP contribution in [0.15, 0.2) is 34.0 Å². The Morgan fingerprint density at radius 1 is 1.33 bits per heavy atom. The van der Waals surface area contributed by atoms with Gasteiger partial charge < -0.3 is 15.2 Å². The third-order valence-corrected chi connectivity index (χ3v) is 5.49. The van der Waals surface area contributed by atoms with Gasteiger partial charge in [-0.1, -0.05) is 42.3 Å². The number of benzene rings is 1. The zero-order valence-electron chi connectivity index (χ0n) is 14.7. The minimum atomic E-state index is -0.735. The molecule has 27 heavy (non-hydrogen) atoms. The largest absolute Gasteiger partial charge is 0.390 e. The first-order chi connectivity index (χ1) is 12.9. The Balaban J connectivity index is 1.64. The van der Waals surface area contributed by atoms with Gasteiger partial charge in [0.1, 0.15) is 6.23 Å². The van der Waals surface area contributed by atoms with Crippen molar-refractivity contribution in [2.45, 2.75) is 44.7 Å². The maximum absolute atomic E-state index is 12.1. The monoisotopic (exact) mass is 413 g/mol. The van der Waals surface area contributed by atoms with Gasteiger partial charge in [-0.25, -0.2) is 4.79 Å². The summed E-state index contributed by atoms with van der Waals surface area (Å²) >= 11 is 12.2. The Bertz CT molecular complexity index is 928. The Labute approximate surface area is 165 Å². The zero-order valence-corrected chi connectivity index (χ0v) is 16.3. The molecule has 1 fully saturated rings. The number of aromatic nitrogens is 2. The molecule has 1 aromatic carbocycles. The highest BCUT2D eigenvalue weighted by Crippen LogP contribution is 2.28. The van der Waals surface area contributed by atoms with Crippen LogP contribution in [0, 0.1) is 0 Å². The molecule has 0 saturated carbocycles. The lowest BCUT2D eigenvalue weighted by atomic mass is 10.1. The third kappa shape index (κ3) is 4.44. The van der Waals surface area contributed by atoms with E-state index in [1.165, 1.54) is 10.8 Å². The molecule has 146 valence electrons. The normalized spacial score (nSPS) is 22.3. The van der Waals surface area contributed by atoms with Crippen LogP contribution in [0.3, 0.4) is 0 Å². The summed E-state index contributed by atoms with van der Waals surface area (Å²) < 4.78 is 7.17. The molecule has 2 aromatic rings. The third-order valence-electron chi connectivity index (χ3n) is 4.63. The fourth-order valence-corrected chi connectivity index (χ4v) is 3.48. The van der Waals surface area contributed by atoms with Crippen LogP contribution in [-0.4, -0.2) is 33.4 Å². The second-order valence-corrected chi connectivity index (χ2v) is 7.24. The number of rotatable bonds is 6. The molecule has 1 saturated heterocycles. The van der Waals surface area contributed by atoms with Crippen LogP contribution in [0.4, 0.5) is 0 Å². The number of halogens is 2. The molecule has 0 radical (unpaired) electrons. The number of aryl methyl sites for hydroxylation is 1. The van der Waals surface area contributed by atoms with E-state index < -0.39 is 29.7 Å². The number of hydrogen-bond donors (Lipinski definition) is 3. The number of nitrogens with zero attached hydrogens (tertiary/aromatic N) is 1. The van der Waals surface area contributed by atoms with Crippen LogP contribution in [0.2, 0.25) is 10.0 Å². The molecular formula is C18H21Cl2N3O4.